The molecule has 0 amide bonds. The lowest BCUT2D eigenvalue weighted by atomic mass is 10.1. The van der Waals surface area contributed by atoms with Gasteiger partial charge in [-0.25, -0.2) is 9.78 Å². The van der Waals surface area contributed by atoms with Gasteiger partial charge >= 0.3 is 5.97 Å². The van der Waals surface area contributed by atoms with Crippen molar-refractivity contribution in [2.24, 2.45) is 0 Å². The summed E-state index contributed by atoms with van der Waals surface area (Å²) < 4.78 is 6.19. The second-order valence-corrected chi connectivity index (χ2v) is 12.1. The molecule has 5 nitrogen and oxygen atoms in total. The standard InChI is InChI=1S/C17H24N2O3Si/c1-17(2,3)23(4,5)22-10-13-9-12-8-11(16(20)21)6-7-14(12)19-15(13)18/h6-9H,10H2,1-5H3,(H2,18,19)(H,20,21). The molecular weight excluding hydrogens is 308 g/mol. The van der Waals surface area contributed by atoms with Crippen molar-refractivity contribution in [3.05, 3.63) is 35.4 Å². The van der Waals surface area contributed by atoms with E-state index in [0.29, 0.717) is 17.9 Å². The lowest BCUT2D eigenvalue weighted by Crippen LogP contribution is -2.40. The molecule has 0 atom stereocenters. The second-order valence-electron chi connectivity index (χ2n) is 7.29. The first kappa shape index (κ1) is 17.4. The number of fused-ring (bicyclic) bond motifs is 1. The van der Waals surface area contributed by atoms with Gasteiger partial charge in [0.05, 0.1) is 17.7 Å². The normalized spacial score (nSPS) is 12.6. The van der Waals surface area contributed by atoms with Crippen LogP contribution < -0.4 is 5.73 Å². The third kappa shape index (κ3) is 3.71. The van der Waals surface area contributed by atoms with Crippen molar-refractivity contribution in [2.75, 3.05) is 5.73 Å². The highest BCUT2D eigenvalue weighted by molar-refractivity contribution is 6.74. The van der Waals surface area contributed by atoms with Crippen molar-refractivity contribution in [3.63, 3.8) is 0 Å². The molecule has 124 valence electrons. The first-order chi connectivity index (χ1) is 10.5. The van der Waals surface area contributed by atoms with Gasteiger partial charge in [-0.15, -0.1) is 0 Å². The molecule has 2 rings (SSSR count). The van der Waals surface area contributed by atoms with Crippen molar-refractivity contribution in [3.8, 4) is 0 Å². The number of hydrogen-bond donors (Lipinski definition) is 2. The van der Waals surface area contributed by atoms with Gasteiger partial charge in [0.15, 0.2) is 8.32 Å². The van der Waals surface area contributed by atoms with Crippen LogP contribution >= 0.6 is 0 Å². The quantitative estimate of drug-likeness (QED) is 0.825. The molecule has 0 bridgehead atoms. The largest absolute Gasteiger partial charge is 0.478 e. The van der Waals surface area contributed by atoms with E-state index in [1.54, 1.807) is 12.1 Å². The van der Waals surface area contributed by atoms with Crippen LogP contribution in [0.25, 0.3) is 10.9 Å². The molecule has 0 saturated carbocycles. The predicted octanol–water partition coefficient (Wildman–Crippen LogP) is 4.04. The molecule has 3 N–H and O–H groups in total. The van der Waals surface area contributed by atoms with Crippen molar-refractivity contribution in [1.29, 1.82) is 0 Å². The van der Waals surface area contributed by atoms with Crippen LogP contribution in [0.15, 0.2) is 24.3 Å². The minimum atomic E-state index is -1.88. The number of aromatic nitrogens is 1. The number of benzene rings is 1. The summed E-state index contributed by atoms with van der Waals surface area (Å²) in [6.45, 7) is 11.3. The number of carboxylic acids is 1. The minimum Gasteiger partial charge on any atom is -0.478 e. The van der Waals surface area contributed by atoms with Gasteiger partial charge in [-0.05, 0) is 42.4 Å². The number of hydrogen-bond acceptors (Lipinski definition) is 4. The summed E-state index contributed by atoms with van der Waals surface area (Å²) in [6.07, 6.45) is 0. The van der Waals surface area contributed by atoms with Crippen LogP contribution in [0.2, 0.25) is 18.1 Å². The molecule has 0 radical (unpaired) electrons. The third-order valence-electron chi connectivity index (χ3n) is 4.57. The van der Waals surface area contributed by atoms with Crippen molar-refractivity contribution in [1.82, 2.24) is 4.98 Å². The summed E-state index contributed by atoms with van der Waals surface area (Å²) in [4.78, 5) is 15.5. The maximum Gasteiger partial charge on any atom is 0.335 e. The molecule has 0 saturated heterocycles. The average Bonchev–Trinajstić information content (AvgIpc) is 2.43. The summed E-state index contributed by atoms with van der Waals surface area (Å²) >= 11 is 0. The maximum atomic E-state index is 11.1. The topological polar surface area (TPSA) is 85.4 Å². The van der Waals surface area contributed by atoms with Gasteiger partial charge in [-0.1, -0.05) is 20.8 Å². The maximum absolute atomic E-state index is 11.1. The van der Waals surface area contributed by atoms with E-state index in [1.807, 2.05) is 6.07 Å². The van der Waals surface area contributed by atoms with Crippen LogP contribution in [0.5, 0.6) is 0 Å². The van der Waals surface area contributed by atoms with E-state index in [4.69, 9.17) is 15.3 Å². The van der Waals surface area contributed by atoms with E-state index >= 15 is 0 Å². The Hall–Kier alpha value is -1.92. The van der Waals surface area contributed by atoms with Gasteiger partial charge in [-0.3, -0.25) is 0 Å². The number of aromatic carboxylic acids is 1. The highest BCUT2D eigenvalue weighted by atomic mass is 28.4. The Balaban J connectivity index is 2.34. The van der Waals surface area contributed by atoms with Crippen LogP contribution in [0.4, 0.5) is 5.82 Å². The van der Waals surface area contributed by atoms with Crippen LogP contribution in [0, 0.1) is 0 Å². The Labute approximate surface area is 137 Å². The van der Waals surface area contributed by atoms with E-state index in [0.717, 1.165) is 10.9 Å². The molecular formula is C17H24N2O3Si. The highest BCUT2D eigenvalue weighted by Gasteiger charge is 2.37. The summed E-state index contributed by atoms with van der Waals surface area (Å²) in [5, 5.41) is 9.97. The van der Waals surface area contributed by atoms with E-state index < -0.39 is 14.3 Å². The molecule has 1 aromatic heterocycles. The number of anilines is 1. The number of rotatable bonds is 4. The molecule has 6 heteroatoms. The van der Waals surface area contributed by atoms with Crippen molar-refractivity contribution < 1.29 is 14.3 Å². The van der Waals surface area contributed by atoms with Crippen LogP contribution in [0.1, 0.15) is 36.7 Å². The van der Waals surface area contributed by atoms with E-state index in [-0.39, 0.29) is 10.6 Å². The van der Waals surface area contributed by atoms with E-state index in [1.165, 1.54) is 6.07 Å². The number of nitrogen functional groups attached to an aromatic ring is 1. The zero-order valence-corrected chi connectivity index (χ0v) is 15.3. The zero-order chi connectivity index (χ0) is 17.4. The number of nitrogens with two attached hydrogens (primary N) is 1. The lowest BCUT2D eigenvalue weighted by molar-refractivity contribution is 0.0697. The number of carboxylic acid groups (broad SMARTS) is 1. The van der Waals surface area contributed by atoms with Gasteiger partial charge in [0.1, 0.15) is 5.82 Å². The molecule has 0 aliphatic rings. The lowest BCUT2D eigenvalue weighted by Gasteiger charge is -2.36. The molecule has 1 aromatic carbocycles. The smallest absolute Gasteiger partial charge is 0.335 e. The van der Waals surface area contributed by atoms with E-state index in [9.17, 15) is 4.79 Å². The summed E-state index contributed by atoms with van der Waals surface area (Å²) in [5.41, 5.74) is 7.75. The molecule has 0 fully saturated rings. The first-order valence-corrected chi connectivity index (χ1v) is 10.5. The van der Waals surface area contributed by atoms with Crippen LogP contribution in [-0.4, -0.2) is 24.4 Å². The molecule has 1 heterocycles. The molecule has 23 heavy (non-hydrogen) atoms. The Kier molecular flexibility index (Phi) is 4.50. The van der Waals surface area contributed by atoms with Crippen molar-refractivity contribution in [2.45, 2.75) is 45.5 Å². The molecule has 0 spiro atoms. The molecule has 0 aliphatic heterocycles. The fraction of sp³-hybridized carbons (Fsp3) is 0.412. The van der Waals surface area contributed by atoms with Crippen molar-refractivity contribution >= 4 is 31.0 Å². The monoisotopic (exact) mass is 332 g/mol. The highest BCUT2D eigenvalue weighted by Crippen LogP contribution is 2.37. The van der Waals surface area contributed by atoms with Gasteiger partial charge < -0.3 is 15.3 Å². The van der Waals surface area contributed by atoms with Crippen LogP contribution in [-0.2, 0) is 11.0 Å². The Morgan fingerprint density at radius 3 is 2.52 bits per heavy atom. The Morgan fingerprint density at radius 2 is 1.96 bits per heavy atom. The second kappa shape index (κ2) is 5.94. The summed E-state index contributed by atoms with van der Waals surface area (Å²) in [5.74, 6) is -0.526. The average molecular weight is 332 g/mol. The molecule has 2 aromatic rings. The Morgan fingerprint density at radius 1 is 1.30 bits per heavy atom. The Bertz CT molecular complexity index is 751. The SMILES string of the molecule is CC(C)(C)[Si](C)(C)OCc1cc2cc(C(=O)O)ccc2nc1N. The van der Waals surface area contributed by atoms with Gasteiger partial charge in [0.2, 0.25) is 0 Å². The van der Waals surface area contributed by atoms with E-state index in [2.05, 4.69) is 38.8 Å². The molecule has 0 aliphatic carbocycles. The van der Waals surface area contributed by atoms with Gasteiger partial charge in [0.25, 0.3) is 0 Å². The minimum absolute atomic E-state index is 0.114. The number of pyridine rings is 1. The van der Waals surface area contributed by atoms with Gasteiger partial charge in [0, 0.05) is 10.9 Å². The third-order valence-corrected chi connectivity index (χ3v) is 9.05. The van der Waals surface area contributed by atoms with Gasteiger partial charge in [-0.2, -0.15) is 0 Å². The number of carbonyl (C=O) groups is 1. The molecule has 0 unspecified atom stereocenters. The predicted molar refractivity (Wildman–Crippen MR) is 95.1 cm³/mol. The zero-order valence-electron chi connectivity index (χ0n) is 14.3. The fourth-order valence-electron chi connectivity index (χ4n) is 1.96. The fourth-order valence-corrected chi connectivity index (χ4v) is 2.91. The van der Waals surface area contributed by atoms with Crippen LogP contribution in [0.3, 0.4) is 0 Å². The first-order valence-electron chi connectivity index (χ1n) is 7.58. The number of nitrogens with zero attached hydrogens (tertiary/aromatic N) is 1. The summed E-state index contributed by atoms with van der Waals surface area (Å²) in [7, 11) is -1.88. The summed E-state index contributed by atoms with van der Waals surface area (Å²) in [6, 6.07) is 6.69.